The summed E-state index contributed by atoms with van der Waals surface area (Å²) >= 11 is 0. The van der Waals surface area contributed by atoms with Gasteiger partial charge in [0.05, 0.1) is 35.6 Å². The minimum atomic E-state index is -0.259. The molecule has 6 nitrogen and oxygen atoms in total. The molecule has 0 unspecified atom stereocenters. The maximum Gasteiger partial charge on any atom is 0.223 e. The highest BCUT2D eigenvalue weighted by Crippen LogP contribution is 2.37. The molecule has 3 heterocycles. The molecule has 32 heavy (non-hydrogen) atoms. The van der Waals surface area contributed by atoms with Crippen molar-refractivity contribution in [3.05, 3.63) is 78.8 Å². The highest BCUT2D eigenvalue weighted by atomic mass is 19.1. The number of aromatic nitrogens is 5. The molecule has 5 rings (SSSR count). The lowest BCUT2D eigenvalue weighted by Crippen LogP contribution is -2.14. The molecule has 1 saturated carbocycles. The van der Waals surface area contributed by atoms with E-state index in [2.05, 4.69) is 19.9 Å². The number of imidazole rings is 1. The van der Waals surface area contributed by atoms with E-state index >= 15 is 0 Å². The zero-order valence-electron chi connectivity index (χ0n) is 17.8. The molecule has 7 heteroatoms. The predicted molar refractivity (Wildman–Crippen MR) is 122 cm³/mol. The Morgan fingerprint density at radius 3 is 2.53 bits per heavy atom. The van der Waals surface area contributed by atoms with Crippen LogP contribution in [0, 0.1) is 5.82 Å². The highest BCUT2D eigenvalue weighted by molar-refractivity contribution is 5.77. The molecule has 0 spiro atoms. The molecular formula is C25H25FN6. The van der Waals surface area contributed by atoms with Crippen LogP contribution >= 0.6 is 0 Å². The Bertz CT molecular complexity index is 1170. The second-order valence-electron chi connectivity index (χ2n) is 8.09. The average Bonchev–Trinajstić information content (AvgIpc) is 3.30. The van der Waals surface area contributed by atoms with E-state index in [9.17, 15) is 4.39 Å². The van der Waals surface area contributed by atoms with Crippen LogP contribution in [-0.4, -0.2) is 24.5 Å². The maximum atomic E-state index is 13.5. The summed E-state index contributed by atoms with van der Waals surface area (Å²) in [5.74, 6) is 0.277. The van der Waals surface area contributed by atoms with E-state index in [4.69, 9.17) is 9.97 Å². The molecule has 1 aliphatic carbocycles. The largest absolute Gasteiger partial charge is 0.349 e. The van der Waals surface area contributed by atoms with Gasteiger partial charge in [-0.05, 0) is 55.3 Å². The summed E-state index contributed by atoms with van der Waals surface area (Å²) < 4.78 is 15.8. The molecule has 0 amide bonds. The molecule has 162 valence electrons. The molecule has 1 aliphatic rings. The zero-order valence-corrected chi connectivity index (χ0v) is 17.8. The van der Waals surface area contributed by atoms with E-state index in [0.717, 1.165) is 41.2 Å². The van der Waals surface area contributed by atoms with Gasteiger partial charge in [-0.15, -0.1) is 0 Å². The number of nitrogens with zero attached hydrogens (tertiary/aromatic N) is 5. The molecular weight excluding hydrogens is 403 g/mol. The summed E-state index contributed by atoms with van der Waals surface area (Å²) in [4.78, 5) is 18.3. The highest BCUT2D eigenvalue weighted by Gasteiger charge is 2.23. The van der Waals surface area contributed by atoms with E-state index in [0.29, 0.717) is 18.5 Å². The van der Waals surface area contributed by atoms with Crippen LogP contribution in [0.2, 0.25) is 0 Å². The minimum Gasteiger partial charge on any atom is -0.349 e. The lowest BCUT2D eigenvalue weighted by Gasteiger charge is -2.25. The fraction of sp³-hybridized carbons (Fsp3) is 0.280. The third-order valence-electron chi connectivity index (χ3n) is 5.93. The number of benzene rings is 1. The van der Waals surface area contributed by atoms with Crippen molar-refractivity contribution in [2.45, 2.75) is 44.7 Å². The van der Waals surface area contributed by atoms with Gasteiger partial charge >= 0.3 is 0 Å². The van der Waals surface area contributed by atoms with Crippen molar-refractivity contribution in [1.29, 1.82) is 0 Å². The van der Waals surface area contributed by atoms with Gasteiger partial charge in [0.2, 0.25) is 5.95 Å². The Morgan fingerprint density at radius 2 is 1.75 bits per heavy atom. The molecule has 0 atom stereocenters. The second kappa shape index (κ2) is 9.26. The SMILES string of the molecule is Fc1ccc(-c2ncn(C3CCCCC3)c2-c2ccnc(NCc3ccccn3)n2)cc1. The molecule has 1 aromatic carbocycles. The third-order valence-corrected chi connectivity index (χ3v) is 5.93. The molecule has 1 N–H and O–H groups in total. The molecule has 1 fully saturated rings. The monoisotopic (exact) mass is 428 g/mol. The number of pyridine rings is 1. The van der Waals surface area contributed by atoms with Gasteiger partial charge < -0.3 is 9.88 Å². The van der Waals surface area contributed by atoms with Crippen molar-refractivity contribution in [2.75, 3.05) is 5.32 Å². The van der Waals surface area contributed by atoms with E-state index in [1.54, 1.807) is 24.5 Å². The summed E-state index contributed by atoms with van der Waals surface area (Å²) in [6.07, 6.45) is 11.4. The smallest absolute Gasteiger partial charge is 0.223 e. The van der Waals surface area contributed by atoms with Crippen LogP contribution in [0.4, 0.5) is 10.3 Å². The lowest BCUT2D eigenvalue weighted by molar-refractivity contribution is 0.355. The predicted octanol–water partition coefficient (Wildman–Crippen LogP) is 5.66. The number of hydrogen-bond donors (Lipinski definition) is 1. The Morgan fingerprint density at radius 1 is 0.906 bits per heavy atom. The summed E-state index contributed by atoms with van der Waals surface area (Å²) in [5, 5.41) is 3.27. The Hall–Kier alpha value is -3.61. The number of anilines is 1. The first kappa shape index (κ1) is 20.3. The Labute approximate surface area is 186 Å². The van der Waals surface area contributed by atoms with Crippen molar-refractivity contribution < 1.29 is 4.39 Å². The number of rotatable bonds is 6. The fourth-order valence-electron chi connectivity index (χ4n) is 4.32. The first-order valence-corrected chi connectivity index (χ1v) is 11.1. The first-order chi connectivity index (χ1) is 15.8. The van der Waals surface area contributed by atoms with Gasteiger partial charge in [0.1, 0.15) is 5.82 Å². The first-order valence-electron chi connectivity index (χ1n) is 11.1. The summed E-state index contributed by atoms with van der Waals surface area (Å²) in [6, 6.07) is 14.6. The summed E-state index contributed by atoms with van der Waals surface area (Å²) in [5.41, 5.74) is 4.35. The lowest BCUT2D eigenvalue weighted by atomic mass is 9.95. The average molecular weight is 429 g/mol. The van der Waals surface area contributed by atoms with Crippen molar-refractivity contribution >= 4 is 5.95 Å². The Kier molecular flexibility index (Phi) is 5.87. The Balaban J connectivity index is 1.52. The van der Waals surface area contributed by atoms with E-state index < -0.39 is 0 Å². The zero-order chi connectivity index (χ0) is 21.8. The summed E-state index contributed by atoms with van der Waals surface area (Å²) in [6.45, 7) is 0.539. The van der Waals surface area contributed by atoms with Crippen molar-refractivity contribution in [1.82, 2.24) is 24.5 Å². The molecule has 0 bridgehead atoms. The van der Waals surface area contributed by atoms with Crippen molar-refractivity contribution in [3.63, 3.8) is 0 Å². The van der Waals surface area contributed by atoms with Gasteiger partial charge in [-0.1, -0.05) is 25.3 Å². The number of nitrogens with one attached hydrogen (secondary N) is 1. The molecule has 3 aromatic heterocycles. The molecule has 0 radical (unpaired) electrons. The van der Waals surface area contributed by atoms with Crippen molar-refractivity contribution in [2.24, 2.45) is 0 Å². The van der Waals surface area contributed by atoms with Crippen LogP contribution in [-0.2, 0) is 6.54 Å². The van der Waals surface area contributed by atoms with Crippen LogP contribution in [0.15, 0.2) is 67.3 Å². The van der Waals surface area contributed by atoms with Crippen LogP contribution in [0.25, 0.3) is 22.6 Å². The minimum absolute atomic E-state index is 0.259. The maximum absolute atomic E-state index is 13.5. The topological polar surface area (TPSA) is 68.5 Å². The molecule has 0 saturated heterocycles. The van der Waals surface area contributed by atoms with E-state index in [1.807, 2.05) is 30.6 Å². The van der Waals surface area contributed by atoms with Gasteiger partial charge in [-0.25, -0.2) is 19.3 Å². The standard InChI is InChI=1S/C25H25FN6/c26-19-11-9-18(10-12-19)23-24(32(17-30-23)21-7-2-1-3-8-21)22-13-15-28-25(31-22)29-16-20-6-4-5-14-27-20/h4-6,9-15,17,21H,1-3,7-8,16H2,(H,28,29,31). The van der Waals surface area contributed by atoms with Gasteiger partial charge in [0.25, 0.3) is 0 Å². The number of halogens is 1. The van der Waals surface area contributed by atoms with E-state index in [-0.39, 0.29) is 5.82 Å². The van der Waals surface area contributed by atoms with Gasteiger partial charge in [0.15, 0.2) is 0 Å². The fourth-order valence-corrected chi connectivity index (χ4v) is 4.32. The third kappa shape index (κ3) is 4.37. The summed E-state index contributed by atoms with van der Waals surface area (Å²) in [7, 11) is 0. The van der Waals surface area contributed by atoms with Crippen LogP contribution in [0.1, 0.15) is 43.8 Å². The quantitative estimate of drug-likeness (QED) is 0.429. The van der Waals surface area contributed by atoms with Crippen molar-refractivity contribution in [3.8, 4) is 22.6 Å². The molecule has 4 aromatic rings. The normalized spacial score (nSPS) is 14.4. The van der Waals surface area contributed by atoms with Gasteiger partial charge in [-0.2, -0.15) is 0 Å². The van der Waals surface area contributed by atoms with Crippen LogP contribution in [0.5, 0.6) is 0 Å². The number of hydrogen-bond acceptors (Lipinski definition) is 5. The van der Waals surface area contributed by atoms with E-state index in [1.165, 1.54) is 31.4 Å². The van der Waals surface area contributed by atoms with Crippen LogP contribution in [0.3, 0.4) is 0 Å². The second-order valence-corrected chi connectivity index (χ2v) is 8.09. The van der Waals surface area contributed by atoms with Crippen LogP contribution < -0.4 is 5.32 Å². The van der Waals surface area contributed by atoms with Gasteiger partial charge in [-0.3, -0.25) is 4.98 Å². The molecule has 0 aliphatic heterocycles. The van der Waals surface area contributed by atoms with Gasteiger partial charge in [0, 0.05) is 24.0 Å².